The largest absolute Gasteiger partial charge is 0.300 e. The Balaban J connectivity index is 1.76. The van der Waals surface area contributed by atoms with E-state index in [1.54, 1.807) is 11.1 Å². The van der Waals surface area contributed by atoms with Crippen molar-refractivity contribution >= 4 is 0 Å². The van der Waals surface area contributed by atoms with Crippen molar-refractivity contribution in [3.05, 3.63) is 35.4 Å². The molecule has 3 rings (SSSR count). The minimum atomic E-state index is 0.735. The zero-order valence-electron chi connectivity index (χ0n) is 10.9. The molecule has 0 saturated carbocycles. The highest BCUT2D eigenvalue weighted by molar-refractivity contribution is 5.35. The lowest BCUT2D eigenvalue weighted by Crippen LogP contribution is -2.40. The summed E-state index contributed by atoms with van der Waals surface area (Å²) in [6.45, 7) is 5.08. The number of fused-ring (bicyclic) bond motifs is 1. The number of aryl methyl sites for hydroxylation is 1. The van der Waals surface area contributed by atoms with E-state index >= 15 is 0 Å². The molecule has 0 amide bonds. The zero-order chi connectivity index (χ0) is 11.7. The van der Waals surface area contributed by atoms with Gasteiger partial charge in [-0.15, -0.1) is 0 Å². The molecule has 0 aromatic heterocycles. The van der Waals surface area contributed by atoms with E-state index < -0.39 is 0 Å². The fourth-order valence-corrected chi connectivity index (χ4v) is 3.67. The average Bonchev–Trinajstić information content (AvgIpc) is 2.83. The van der Waals surface area contributed by atoms with Crippen molar-refractivity contribution in [2.24, 2.45) is 0 Å². The third-order valence-corrected chi connectivity index (χ3v) is 4.73. The Bertz CT molecular complexity index is 379. The first-order chi connectivity index (χ1) is 8.36. The van der Waals surface area contributed by atoms with Gasteiger partial charge in [-0.25, -0.2) is 0 Å². The molecule has 1 aliphatic heterocycles. The van der Waals surface area contributed by atoms with Gasteiger partial charge in [-0.05, 0) is 62.7 Å². The molecule has 1 aliphatic carbocycles. The van der Waals surface area contributed by atoms with Gasteiger partial charge in [0.25, 0.3) is 0 Å². The van der Waals surface area contributed by atoms with Crippen molar-refractivity contribution in [3.63, 3.8) is 0 Å². The molecule has 1 heteroatoms. The van der Waals surface area contributed by atoms with Gasteiger partial charge in [-0.1, -0.05) is 30.7 Å². The second-order valence-corrected chi connectivity index (χ2v) is 5.68. The van der Waals surface area contributed by atoms with Crippen LogP contribution in [0.5, 0.6) is 0 Å². The van der Waals surface area contributed by atoms with Gasteiger partial charge in [0.2, 0.25) is 0 Å². The van der Waals surface area contributed by atoms with Crippen LogP contribution in [-0.2, 0) is 6.42 Å². The molecule has 1 nitrogen and oxygen atoms in total. The van der Waals surface area contributed by atoms with Crippen molar-refractivity contribution in [2.75, 3.05) is 13.1 Å². The predicted molar refractivity (Wildman–Crippen MR) is 72.4 cm³/mol. The fourth-order valence-electron chi connectivity index (χ4n) is 3.67. The van der Waals surface area contributed by atoms with Gasteiger partial charge in [0.1, 0.15) is 0 Å². The zero-order valence-corrected chi connectivity index (χ0v) is 10.9. The number of rotatable bonds is 2. The summed E-state index contributed by atoms with van der Waals surface area (Å²) in [6, 6.07) is 9.80. The lowest BCUT2D eigenvalue weighted by molar-refractivity contribution is 0.152. The van der Waals surface area contributed by atoms with Crippen molar-refractivity contribution in [2.45, 2.75) is 51.0 Å². The third-order valence-electron chi connectivity index (χ3n) is 4.73. The highest BCUT2D eigenvalue weighted by Gasteiger charge is 2.30. The number of benzene rings is 1. The van der Waals surface area contributed by atoms with Crippen LogP contribution in [0.4, 0.5) is 0 Å². The first-order valence-corrected chi connectivity index (χ1v) is 7.18. The second kappa shape index (κ2) is 4.81. The first-order valence-electron chi connectivity index (χ1n) is 7.18. The monoisotopic (exact) mass is 229 g/mol. The molecular formula is C16H23N. The van der Waals surface area contributed by atoms with E-state index in [-0.39, 0.29) is 0 Å². The summed E-state index contributed by atoms with van der Waals surface area (Å²) in [6.07, 6.45) is 6.89. The van der Waals surface area contributed by atoms with Crippen LogP contribution >= 0.6 is 0 Å². The Morgan fingerprint density at radius 2 is 1.88 bits per heavy atom. The Morgan fingerprint density at radius 1 is 1.12 bits per heavy atom. The lowest BCUT2D eigenvalue weighted by Gasteiger charge is -2.36. The van der Waals surface area contributed by atoms with Crippen LogP contribution in [0.25, 0.3) is 0 Å². The van der Waals surface area contributed by atoms with Gasteiger partial charge in [-0.3, -0.25) is 0 Å². The second-order valence-electron chi connectivity index (χ2n) is 5.68. The van der Waals surface area contributed by atoms with E-state index in [0.717, 1.165) is 12.0 Å². The number of hydrogen-bond donors (Lipinski definition) is 0. The minimum Gasteiger partial charge on any atom is -0.300 e. The van der Waals surface area contributed by atoms with E-state index in [2.05, 4.69) is 36.1 Å². The molecule has 92 valence electrons. The number of piperidine rings is 1. The highest BCUT2D eigenvalue weighted by atomic mass is 15.2. The van der Waals surface area contributed by atoms with Crippen LogP contribution in [0.2, 0.25) is 0 Å². The van der Waals surface area contributed by atoms with Crippen LogP contribution in [-0.4, -0.2) is 24.0 Å². The van der Waals surface area contributed by atoms with Crippen LogP contribution in [0.1, 0.15) is 49.7 Å². The smallest absolute Gasteiger partial charge is 0.0136 e. The Hall–Kier alpha value is -0.820. The maximum atomic E-state index is 2.72. The molecule has 1 fully saturated rings. The summed E-state index contributed by atoms with van der Waals surface area (Å²) in [5, 5.41) is 0. The van der Waals surface area contributed by atoms with Crippen molar-refractivity contribution in [1.29, 1.82) is 0 Å². The molecule has 1 aromatic rings. The average molecular weight is 229 g/mol. The van der Waals surface area contributed by atoms with Crippen molar-refractivity contribution in [1.82, 2.24) is 4.90 Å². The van der Waals surface area contributed by atoms with Crippen molar-refractivity contribution < 1.29 is 0 Å². The molecule has 2 aliphatic rings. The van der Waals surface area contributed by atoms with E-state index in [4.69, 9.17) is 0 Å². The van der Waals surface area contributed by atoms with Crippen LogP contribution in [0.3, 0.4) is 0 Å². The van der Waals surface area contributed by atoms with Crippen LogP contribution in [0, 0.1) is 0 Å². The standard InChI is InChI=1S/C16H23N/c1-13(17-11-5-2-6-12-17)15-10-9-14-7-3-4-8-16(14)15/h3-4,7-8,13,15H,2,5-6,9-12H2,1H3. The minimum absolute atomic E-state index is 0.735. The van der Waals surface area contributed by atoms with Gasteiger partial charge in [0.05, 0.1) is 0 Å². The molecule has 0 spiro atoms. The summed E-state index contributed by atoms with van der Waals surface area (Å²) in [5.41, 5.74) is 3.23. The van der Waals surface area contributed by atoms with Gasteiger partial charge >= 0.3 is 0 Å². The molecule has 2 unspecified atom stereocenters. The SMILES string of the molecule is CC(C1CCc2ccccc21)N1CCCCC1. The fraction of sp³-hybridized carbons (Fsp3) is 0.625. The summed E-state index contributed by atoms with van der Waals surface area (Å²) >= 11 is 0. The molecule has 0 N–H and O–H groups in total. The summed E-state index contributed by atoms with van der Waals surface area (Å²) in [4.78, 5) is 2.72. The molecule has 0 radical (unpaired) electrons. The van der Waals surface area contributed by atoms with E-state index in [0.29, 0.717) is 0 Å². The molecule has 2 atom stereocenters. The Labute approximate surface area is 105 Å². The Morgan fingerprint density at radius 3 is 2.71 bits per heavy atom. The topological polar surface area (TPSA) is 3.24 Å². The molecule has 0 bridgehead atoms. The lowest BCUT2D eigenvalue weighted by atomic mass is 9.92. The number of nitrogens with zero attached hydrogens (tertiary/aromatic N) is 1. The number of likely N-dealkylation sites (tertiary alicyclic amines) is 1. The van der Waals surface area contributed by atoms with Crippen LogP contribution in [0.15, 0.2) is 24.3 Å². The third kappa shape index (κ3) is 2.13. The first kappa shape index (κ1) is 11.3. The van der Waals surface area contributed by atoms with Gasteiger partial charge in [-0.2, -0.15) is 0 Å². The normalized spacial score (nSPS) is 26.8. The van der Waals surface area contributed by atoms with E-state index in [9.17, 15) is 0 Å². The summed E-state index contributed by atoms with van der Waals surface area (Å²) < 4.78 is 0. The maximum absolute atomic E-state index is 2.72. The predicted octanol–water partition coefficient (Wildman–Crippen LogP) is 3.59. The van der Waals surface area contributed by atoms with E-state index in [1.165, 1.54) is 45.2 Å². The highest BCUT2D eigenvalue weighted by Crippen LogP contribution is 2.37. The van der Waals surface area contributed by atoms with Crippen molar-refractivity contribution in [3.8, 4) is 0 Å². The molecular weight excluding hydrogens is 206 g/mol. The quantitative estimate of drug-likeness (QED) is 0.749. The van der Waals surface area contributed by atoms with Crippen LogP contribution < -0.4 is 0 Å². The van der Waals surface area contributed by atoms with Gasteiger partial charge < -0.3 is 4.90 Å². The molecule has 1 heterocycles. The summed E-state index contributed by atoms with van der Waals surface area (Å²) in [5.74, 6) is 0.782. The Kier molecular flexibility index (Phi) is 3.19. The molecule has 1 aromatic carbocycles. The number of hydrogen-bond acceptors (Lipinski definition) is 1. The van der Waals surface area contributed by atoms with Gasteiger partial charge in [0.15, 0.2) is 0 Å². The summed E-state index contributed by atoms with van der Waals surface area (Å²) in [7, 11) is 0. The molecule has 1 saturated heterocycles. The van der Waals surface area contributed by atoms with E-state index in [1.807, 2.05) is 0 Å². The molecule has 17 heavy (non-hydrogen) atoms. The van der Waals surface area contributed by atoms with Gasteiger partial charge in [0, 0.05) is 6.04 Å². The maximum Gasteiger partial charge on any atom is 0.0136 e.